The van der Waals surface area contributed by atoms with Gasteiger partial charge in [0.1, 0.15) is 30.4 Å². The van der Waals surface area contributed by atoms with E-state index in [0.29, 0.717) is 6.42 Å². The predicted molar refractivity (Wildman–Crippen MR) is 203 cm³/mol. The number of aliphatic hydroxyl groups is 3. The van der Waals surface area contributed by atoms with Crippen molar-refractivity contribution in [1.82, 2.24) is 16.0 Å². The normalized spacial score (nSPS) is 21.7. The van der Waals surface area contributed by atoms with Crippen molar-refractivity contribution in [2.75, 3.05) is 18.9 Å². The molecule has 1 fully saturated rings. The van der Waals surface area contributed by atoms with Crippen LogP contribution in [-0.4, -0.2) is 117 Å². The average molecular weight is 777 g/mol. The lowest BCUT2D eigenvalue weighted by molar-refractivity contribution is -0.267. The molecule has 15 nitrogen and oxygen atoms in total. The summed E-state index contributed by atoms with van der Waals surface area (Å²) >= 11 is 0.973. The number of aliphatic carboxylic acids is 1. The van der Waals surface area contributed by atoms with Gasteiger partial charge in [0.05, 0.1) is 18.8 Å². The number of carboxylic acids is 1. The molecule has 0 spiro atoms. The van der Waals surface area contributed by atoms with Gasteiger partial charge in [-0.15, -0.1) is 0 Å². The Bertz CT molecular complexity index is 1070. The van der Waals surface area contributed by atoms with Crippen LogP contribution in [0.2, 0.25) is 0 Å². The molecular formula is C37H68N4O11S. The van der Waals surface area contributed by atoms with Gasteiger partial charge in [-0.3, -0.25) is 24.0 Å². The number of hydrogen-bond donors (Lipinski definition) is 8. The number of rotatable bonds is 31. The highest BCUT2D eigenvalue weighted by Gasteiger charge is 2.46. The Labute approximate surface area is 319 Å². The molecule has 0 aromatic carbocycles. The quantitative estimate of drug-likeness (QED) is 0.0473. The lowest BCUT2D eigenvalue weighted by Gasteiger charge is -2.43. The summed E-state index contributed by atoms with van der Waals surface area (Å²) in [5.74, 6) is -3.24. The van der Waals surface area contributed by atoms with Crippen LogP contribution >= 0.6 is 11.8 Å². The molecule has 53 heavy (non-hydrogen) atoms. The molecule has 1 aliphatic rings. The second-order valence-electron chi connectivity index (χ2n) is 14.1. The van der Waals surface area contributed by atoms with Crippen LogP contribution in [0.15, 0.2) is 0 Å². The van der Waals surface area contributed by atoms with Crippen LogP contribution in [0.25, 0.3) is 0 Å². The summed E-state index contributed by atoms with van der Waals surface area (Å²) in [6, 6.07) is -3.43. The molecular weight excluding hydrogens is 708 g/mol. The summed E-state index contributed by atoms with van der Waals surface area (Å²) in [4.78, 5) is 60.9. The molecule has 1 rings (SSSR count). The first-order chi connectivity index (χ1) is 25.3. The standard InChI is InChI=1S/C37H68N4O11S/c1-4-5-6-7-8-9-10-11-12-13-14-15-16-17-18-19-31(46)53-24-28(36(49)41-27(35(38)48)20-21-30(44)45)39-22-25(2)51-34-32(40-26(3)43)37(50)52-29(23-42)33(34)47/h25,27-29,32-34,37,39,42,47,50H,4-24H2,1-3H3,(H2,38,48)(H,40,43)(H,41,49)(H,44,45)/t25?,27-,28+,29-,32-,33-,34-,37+/m1/s1. The molecule has 1 aliphatic heterocycles. The molecule has 9 N–H and O–H groups in total. The number of carboxylic acid groups (broad SMARTS) is 1. The van der Waals surface area contributed by atoms with E-state index in [1.165, 1.54) is 77.6 Å². The number of aliphatic hydroxyl groups excluding tert-OH is 3. The maximum absolute atomic E-state index is 13.3. The summed E-state index contributed by atoms with van der Waals surface area (Å²) in [5, 5.41) is 47.7. The van der Waals surface area contributed by atoms with Crippen molar-refractivity contribution < 1.29 is 53.9 Å². The summed E-state index contributed by atoms with van der Waals surface area (Å²) in [5.41, 5.74) is 5.41. The number of amides is 3. The minimum absolute atomic E-state index is 0.000248. The van der Waals surface area contributed by atoms with Gasteiger partial charge < -0.3 is 51.6 Å². The van der Waals surface area contributed by atoms with E-state index in [4.69, 9.17) is 20.3 Å². The monoisotopic (exact) mass is 776 g/mol. The zero-order valence-corrected chi connectivity index (χ0v) is 32.9. The van der Waals surface area contributed by atoms with Crippen molar-refractivity contribution in [3.8, 4) is 0 Å². The predicted octanol–water partition coefficient (Wildman–Crippen LogP) is 2.65. The third-order valence-electron chi connectivity index (χ3n) is 9.30. The summed E-state index contributed by atoms with van der Waals surface area (Å²) in [6.45, 7) is 4.44. The molecule has 3 amide bonds. The lowest BCUT2D eigenvalue weighted by atomic mass is 9.96. The SMILES string of the molecule is CCCCCCCCCCCCCCCCCC(=O)SC[C@H](NCC(C)O[C@H]1[C@H](O)[C@@H](CO)O[C@H](O)[C@@H]1NC(C)=O)C(=O)N[C@H](CCC(=O)O)C(N)=O. The van der Waals surface area contributed by atoms with Gasteiger partial charge in [-0.1, -0.05) is 109 Å². The van der Waals surface area contributed by atoms with Crippen LogP contribution in [0.4, 0.5) is 0 Å². The molecule has 1 heterocycles. The fraction of sp³-hybridized carbons (Fsp3) is 0.865. The van der Waals surface area contributed by atoms with Crippen molar-refractivity contribution in [2.24, 2.45) is 5.73 Å². The topological polar surface area (TPSA) is 247 Å². The Hall–Kier alpha value is -2.34. The Kier molecular flexibility index (Phi) is 26.6. The van der Waals surface area contributed by atoms with Crippen LogP contribution < -0.4 is 21.7 Å². The van der Waals surface area contributed by atoms with Gasteiger partial charge in [-0.2, -0.15) is 0 Å². The first-order valence-electron chi connectivity index (χ1n) is 19.6. The van der Waals surface area contributed by atoms with Crippen molar-refractivity contribution in [1.29, 1.82) is 0 Å². The number of hydrogen-bond acceptors (Lipinski definition) is 12. The van der Waals surface area contributed by atoms with Crippen LogP contribution in [-0.2, 0) is 33.4 Å². The molecule has 8 atom stereocenters. The van der Waals surface area contributed by atoms with Gasteiger partial charge in [-0.05, 0) is 19.8 Å². The van der Waals surface area contributed by atoms with E-state index in [9.17, 15) is 39.3 Å². The first kappa shape index (κ1) is 48.7. The maximum Gasteiger partial charge on any atom is 0.303 e. The Morgan fingerprint density at radius 2 is 1.40 bits per heavy atom. The number of carbonyl (C=O) groups excluding carboxylic acids is 4. The van der Waals surface area contributed by atoms with Gasteiger partial charge >= 0.3 is 5.97 Å². The fourth-order valence-corrected chi connectivity index (χ4v) is 7.11. The highest BCUT2D eigenvalue weighted by molar-refractivity contribution is 8.13. The van der Waals surface area contributed by atoms with Crippen molar-refractivity contribution >= 4 is 40.6 Å². The molecule has 0 aromatic rings. The molecule has 16 heteroatoms. The van der Waals surface area contributed by atoms with Gasteiger partial charge in [0.25, 0.3) is 0 Å². The Morgan fingerprint density at radius 3 is 1.89 bits per heavy atom. The molecule has 308 valence electrons. The minimum Gasteiger partial charge on any atom is -0.481 e. The van der Waals surface area contributed by atoms with E-state index in [0.717, 1.165) is 37.4 Å². The molecule has 1 unspecified atom stereocenters. The molecule has 1 saturated heterocycles. The van der Waals surface area contributed by atoms with E-state index in [1.54, 1.807) is 6.92 Å². The number of unbranched alkanes of at least 4 members (excludes halogenated alkanes) is 14. The fourth-order valence-electron chi connectivity index (χ4n) is 6.20. The largest absolute Gasteiger partial charge is 0.481 e. The molecule has 0 aromatic heterocycles. The molecule has 0 bridgehead atoms. The number of ether oxygens (including phenoxy) is 2. The highest BCUT2D eigenvalue weighted by atomic mass is 32.2. The summed E-state index contributed by atoms with van der Waals surface area (Å²) in [6.07, 6.45) is 11.9. The van der Waals surface area contributed by atoms with Crippen LogP contribution in [0, 0.1) is 0 Å². The number of carbonyl (C=O) groups is 5. The van der Waals surface area contributed by atoms with Gasteiger partial charge in [0, 0.05) is 32.1 Å². The van der Waals surface area contributed by atoms with E-state index < -0.39 is 85.5 Å². The first-order valence-corrected chi connectivity index (χ1v) is 20.5. The lowest BCUT2D eigenvalue weighted by Crippen LogP contribution is -2.65. The zero-order chi connectivity index (χ0) is 39.6. The second kappa shape index (κ2) is 29.0. The van der Waals surface area contributed by atoms with Crippen LogP contribution in [0.1, 0.15) is 136 Å². The van der Waals surface area contributed by atoms with Crippen molar-refractivity contribution in [2.45, 2.75) is 185 Å². The molecule has 0 saturated carbocycles. The van der Waals surface area contributed by atoms with Crippen molar-refractivity contribution in [3.05, 3.63) is 0 Å². The minimum atomic E-state index is -1.58. The highest BCUT2D eigenvalue weighted by Crippen LogP contribution is 2.24. The van der Waals surface area contributed by atoms with E-state index in [1.807, 2.05) is 0 Å². The van der Waals surface area contributed by atoms with Gasteiger partial charge in [-0.25, -0.2) is 0 Å². The second-order valence-corrected chi connectivity index (χ2v) is 15.2. The summed E-state index contributed by atoms with van der Waals surface area (Å²) in [7, 11) is 0. The smallest absolute Gasteiger partial charge is 0.303 e. The number of nitrogens with two attached hydrogens (primary N) is 1. The average Bonchev–Trinajstić information content (AvgIpc) is 3.10. The van der Waals surface area contributed by atoms with Gasteiger partial charge in [0.2, 0.25) is 17.7 Å². The van der Waals surface area contributed by atoms with E-state index in [-0.39, 0.29) is 23.8 Å². The van der Waals surface area contributed by atoms with E-state index in [2.05, 4.69) is 22.9 Å². The van der Waals surface area contributed by atoms with Crippen molar-refractivity contribution in [3.63, 3.8) is 0 Å². The zero-order valence-electron chi connectivity index (χ0n) is 32.1. The number of thioether (sulfide) groups is 1. The molecule has 0 aliphatic carbocycles. The maximum atomic E-state index is 13.3. The van der Waals surface area contributed by atoms with Gasteiger partial charge in [0.15, 0.2) is 11.4 Å². The third-order valence-corrected chi connectivity index (χ3v) is 10.3. The third kappa shape index (κ3) is 22.0. The number of nitrogens with one attached hydrogen (secondary N) is 3. The Morgan fingerprint density at radius 1 is 0.849 bits per heavy atom. The number of primary amides is 1. The van der Waals surface area contributed by atoms with E-state index >= 15 is 0 Å². The summed E-state index contributed by atoms with van der Waals surface area (Å²) < 4.78 is 11.2. The van der Waals surface area contributed by atoms with Crippen LogP contribution in [0.3, 0.4) is 0 Å². The molecule has 0 radical (unpaired) electrons. The Balaban J connectivity index is 2.64. The van der Waals surface area contributed by atoms with Crippen LogP contribution in [0.5, 0.6) is 0 Å².